The number of hydrogen-bond donors (Lipinski definition) is 3. The van der Waals surface area contributed by atoms with Crippen molar-refractivity contribution in [1.29, 1.82) is 0 Å². The second-order valence-corrected chi connectivity index (χ2v) is 9.03. The summed E-state index contributed by atoms with van der Waals surface area (Å²) < 4.78 is 6.13. The molecule has 1 amide bonds. The van der Waals surface area contributed by atoms with E-state index in [2.05, 4.69) is 34.9 Å². The van der Waals surface area contributed by atoms with E-state index in [1.807, 2.05) is 13.8 Å². The molecule has 170 valence electrons. The van der Waals surface area contributed by atoms with Crippen molar-refractivity contribution in [3.8, 4) is 0 Å². The Morgan fingerprint density at radius 1 is 1.23 bits per heavy atom. The smallest absolute Gasteiger partial charge is 0.305 e. The molecule has 1 aromatic rings. The minimum atomic E-state index is -1.13. The highest BCUT2D eigenvalue weighted by molar-refractivity contribution is 5.86. The van der Waals surface area contributed by atoms with Crippen LogP contribution in [0.1, 0.15) is 63.0 Å². The van der Waals surface area contributed by atoms with Gasteiger partial charge in [0.25, 0.3) is 0 Å². The number of rotatable bonds is 9. The molecular weight excluding hydrogens is 396 g/mol. The average Bonchev–Trinajstić information content (AvgIpc) is 2.76. The monoisotopic (exact) mass is 430 g/mol. The number of aliphatic carboxylic acids is 1. The van der Waals surface area contributed by atoms with Crippen molar-refractivity contribution in [2.45, 2.75) is 76.6 Å². The largest absolute Gasteiger partial charge is 0.481 e. The molecule has 3 unspecified atom stereocenters. The standard InChI is InChI=1S/C24H34N2O5/c1-15(2)22(23(30)25-17(14-27)13-21(28)29)26-24-20(11-6-12-31-24)19-10-5-8-16-7-3-4-9-18(16)19/h3-4,7,9,14-15,17,19-20,22,24,26H,5-6,8,10-13H2,1-2H3,(H,25,30)(H,28,29)/t17-,19?,20?,22-,24?/m0/s1. The zero-order valence-corrected chi connectivity index (χ0v) is 18.4. The minimum absolute atomic E-state index is 0.0538. The van der Waals surface area contributed by atoms with Gasteiger partial charge in [-0.25, -0.2) is 0 Å². The highest BCUT2D eigenvalue weighted by atomic mass is 16.5. The summed E-state index contributed by atoms with van der Waals surface area (Å²) in [5, 5.41) is 14.9. The number of aldehydes is 1. The Morgan fingerprint density at radius 3 is 2.71 bits per heavy atom. The van der Waals surface area contributed by atoms with Gasteiger partial charge in [-0.3, -0.25) is 14.9 Å². The van der Waals surface area contributed by atoms with Crippen molar-refractivity contribution < 1.29 is 24.2 Å². The van der Waals surface area contributed by atoms with Gasteiger partial charge < -0.3 is 20.0 Å². The zero-order valence-electron chi connectivity index (χ0n) is 18.4. The third kappa shape index (κ3) is 5.92. The van der Waals surface area contributed by atoms with Gasteiger partial charge in [0.2, 0.25) is 5.91 Å². The van der Waals surface area contributed by atoms with Crippen molar-refractivity contribution in [2.75, 3.05) is 6.61 Å². The lowest BCUT2D eigenvalue weighted by molar-refractivity contribution is -0.139. The van der Waals surface area contributed by atoms with E-state index >= 15 is 0 Å². The quantitative estimate of drug-likeness (QED) is 0.520. The molecule has 0 bridgehead atoms. The van der Waals surface area contributed by atoms with Gasteiger partial charge in [-0.05, 0) is 55.1 Å². The van der Waals surface area contributed by atoms with Crippen molar-refractivity contribution in [3.63, 3.8) is 0 Å². The maximum Gasteiger partial charge on any atom is 0.305 e. The fraction of sp³-hybridized carbons (Fsp3) is 0.625. The van der Waals surface area contributed by atoms with Crippen LogP contribution in [-0.2, 0) is 25.5 Å². The summed E-state index contributed by atoms with van der Waals surface area (Å²) in [7, 11) is 0. The number of carbonyl (C=O) groups excluding carboxylic acids is 2. The molecule has 7 nitrogen and oxygen atoms in total. The van der Waals surface area contributed by atoms with Crippen LogP contribution >= 0.6 is 0 Å². The second kappa shape index (κ2) is 10.9. The second-order valence-electron chi connectivity index (χ2n) is 9.03. The molecule has 0 saturated carbocycles. The van der Waals surface area contributed by atoms with E-state index < -0.39 is 24.5 Å². The number of nitrogens with one attached hydrogen (secondary N) is 2. The highest BCUT2D eigenvalue weighted by Crippen LogP contribution is 2.42. The first-order chi connectivity index (χ1) is 14.9. The number of hydrogen-bond acceptors (Lipinski definition) is 5. The van der Waals surface area contributed by atoms with Crippen molar-refractivity contribution >= 4 is 18.2 Å². The molecule has 0 radical (unpaired) electrons. The van der Waals surface area contributed by atoms with E-state index in [9.17, 15) is 14.4 Å². The lowest BCUT2D eigenvalue weighted by Gasteiger charge is -2.41. The normalized spacial score (nSPS) is 25.3. The van der Waals surface area contributed by atoms with Crippen LogP contribution in [0.4, 0.5) is 0 Å². The van der Waals surface area contributed by atoms with E-state index in [1.54, 1.807) is 0 Å². The molecule has 7 heteroatoms. The molecule has 2 aliphatic rings. The Morgan fingerprint density at radius 2 is 2.00 bits per heavy atom. The summed E-state index contributed by atoms with van der Waals surface area (Å²) in [4.78, 5) is 35.1. The number of carbonyl (C=O) groups is 3. The van der Waals surface area contributed by atoms with E-state index in [1.165, 1.54) is 11.1 Å². The highest BCUT2D eigenvalue weighted by Gasteiger charge is 2.38. The lowest BCUT2D eigenvalue weighted by Crippen LogP contribution is -2.57. The van der Waals surface area contributed by atoms with Gasteiger partial charge in [-0.1, -0.05) is 38.1 Å². The molecule has 1 fully saturated rings. The van der Waals surface area contributed by atoms with Crippen molar-refractivity contribution in [1.82, 2.24) is 10.6 Å². The van der Waals surface area contributed by atoms with Gasteiger partial charge in [0, 0.05) is 12.5 Å². The molecule has 1 heterocycles. The topological polar surface area (TPSA) is 105 Å². The first-order valence-corrected chi connectivity index (χ1v) is 11.3. The van der Waals surface area contributed by atoms with Crippen molar-refractivity contribution in [2.24, 2.45) is 11.8 Å². The van der Waals surface area contributed by atoms with Gasteiger partial charge in [-0.15, -0.1) is 0 Å². The van der Waals surface area contributed by atoms with Crippen LogP contribution in [-0.4, -0.2) is 48.2 Å². The van der Waals surface area contributed by atoms with Crippen LogP contribution in [0, 0.1) is 11.8 Å². The first kappa shape index (κ1) is 23.4. The lowest BCUT2D eigenvalue weighted by atomic mass is 9.73. The minimum Gasteiger partial charge on any atom is -0.481 e. The number of aryl methyl sites for hydroxylation is 1. The Labute approximate surface area is 183 Å². The number of amides is 1. The predicted octanol–water partition coefficient (Wildman–Crippen LogP) is 2.63. The molecule has 1 aliphatic heterocycles. The molecule has 31 heavy (non-hydrogen) atoms. The third-order valence-corrected chi connectivity index (χ3v) is 6.48. The van der Waals surface area contributed by atoms with Gasteiger partial charge in [0.05, 0.1) is 18.5 Å². The van der Waals surface area contributed by atoms with Gasteiger partial charge in [0.15, 0.2) is 0 Å². The molecular formula is C24H34N2O5. The summed E-state index contributed by atoms with van der Waals surface area (Å²) in [6.07, 6.45) is 5.15. The molecule has 0 spiro atoms. The maximum absolute atomic E-state index is 12.9. The Kier molecular flexibility index (Phi) is 8.21. The van der Waals surface area contributed by atoms with Gasteiger partial charge in [-0.2, -0.15) is 0 Å². The van der Waals surface area contributed by atoms with E-state index in [4.69, 9.17) is 9.84 Å². The fourth-order valence-electron chi connectivity index (χ4n) is 4.97. The molecule has 3 rings (SSSR count). The Bertz CT molecular complexity index is 781. The number of carboxylic acids is 1. The van der Waals surface area contributed by atoms with Gasteiger partial charge >= 0.3 is 5.97 Å². The molecule has 0 aromatic heterocycles. The van der Waals surface area contributed by atoms with E-state index in [-0.39, 0.29) is 24.0 Å². The van der Waals surface area contributed by atoms with Crippen LogP contribution in [0.25, 0.3) is 0 Å². The summed E-state index contributed by atoms with van der Waals surface area (Å²) in [6, 6.07) is 6.99. The van der Waals surface area contributed by atoms with E-state index in [0.29, 0.717) is 18.8 Å². The van der Waals surface area contributed by atoms with Gasteiger partial charge in [0.1, 0.15) is 12.5 Å². The van der Waals surface area contributed by atoms with E-state index in [0.717, 1.165) is 32.1 Å². The predicted molar refractivity (Wildman–Crippen MR) is 117 cm³/mol. The average molecular weight is 431 g/mol. The summed E-state index contributed by atoms with van der Waals surface area (Å²) in [5.41, 5.74) is 2.80. The summed E-state index contributed by atoms with van der Waals surface area (Å²) >= 11 is 0. The van der Waals surface area contributed by atoms with Crippen LogP contribution in [0.15, 0.2) is 24.3 Å². The Hall–Kier alpha value is -2.25. The maximum atomic E-state index is 12.9. The molecule has 5 atom stereocenters. The molecule has 3 N–H and O–H groups in total. The van der Waals surface area contributed by atoms with Crippen LogP contribution in [0.5, 0.6) is 0 Å². The van der Waals surface area contributed by atoms with Crippen LogP contribution in [0.3, 0.4) is 0 Å². The fourth-order valence-corrected chi connectivity index (χ4v) is 4.97. The third-order valence-electron chi connectivity index (χ3n) is 6.48. The van der Waals surface area contributed by atoms with Crippen LogP contribution in [0.2, 0.25) is 0 Å². The van der Waals surface area contributed by atoms with Crippen LogP contribution < -0.4 is 10.6 Å². The summed E-state index contributed by atoms with van der Waals surface area (Å²) in [5.74, 6) is -0.913. The first-order valence-electron chi connectivity index (χ1n) is 11.3. The number of ether oxygens (including phenoxy) is 1. The molecule has 1 aromatic carbocycles. The zero-order chi connectivity index (χ0) is 22.4. The number of fused-ring (bicyclic) bond motifs is 1. The molecule has 1 aliphatic carbocycles. The number of carboxylic acid groups (broad SMARTS) is 1. The Balaban J connectivity index is 1.75. The SMILES string of the molecule is CC(C)[C@H](NC1OCCCC1C1CCCc2ccccc21)C(=O)N[C@H](C=O)CC(=O)O. The number of benzene rings is 1. The summed E-state index contributed by atoms with van der Waals surface area (Å²) in [6.45, 7) is 4.50. The molecule has 1 saturated heterocycles. The van der Waals surface area contributed by atoms with Crippen molar-refractivity contribution in [3.05, 3.63) is 35.4 Å².